The van der Waals surface area contributed by atoms with E-state index >= 15 is 0 Å². The van der Waals surface area contributed by atoms with Gasteiger partial charge in [-0.25, -0.2) is 0 Å². The summed E-state index contributed by atoms with van der Waals surface area (Å²) in [5.41, 5.74) is 7.13. The van der Waals surface area contributed by atoms with Crippen LogP contribution in [-0.2, 0) is 12.6 Å². The van der Waals surface area contributed by atoms with Gasteiger partial charge in [-0.2, -0.15) is 13.2 Å². The maximum absolute atomic E-state index is 12.9. The minimum absolute atomic E-state index is 0.0672. The maximum Gasteiger partial charge on any atom is 0.416 e. The van der Waals surface area contributed by atoms with Crippen LogP contribution < -0.4 is 5.73 Å². The van der Waals surface area contributed by atoms with Gasteiger partial charge in [0, 0.05) is 5.56 Å². The van der Waals surface area contributed by atoms with Crippen LogP contribution in [0.5, 0.6) is 0 Å². The molecule has 0 aromatic heterocycles. The molecule has 0 aliphatic heterocycles. The van der Waals surface area contributed by atoms with E-state index in [0.717, 1.165) is 6.07 Å². The fourth-order valence-electron chi connectivity index (χ4n) is 3.56. The fourth-order valence-corrected chi connectivity index (χ4v) is 3.56. The molecule has 1 atom stereocenters. The zero-order chi connectivity index (χ0) is 20.1. The number of hydrogen-bond donors (Lipinski definition) is 1. The van der Waals surface area contributed by atoms with Crippen molar-refractivity contribution >= 4 is 17.1 Å². The Balaban J connectivity index is 1.70. The van der Waals surface area contributed by atoms with Crippen LogP contribution in [0.4, 0.5) is 13.2 Å². The predicted molar refractivity (Wildman–Crippen MR) is 108 cm³/mol. The summed E-state index contributed by atoms with van der Waals surface area (Å²) in [5, 5.41) is 2.36. The maximum atomic E-state index is 12.9. The van der Waals surface area contributed by atoms with Gasteiger partial charge in [-0.05, 0) is 42.2 Å². The van der Waals surface area contributed by atoms with Gasteiger partial charge in [-0.3, -0.25) is 10.3 Å². The van der Waals surface area contributed by atoms with E-state index in [2.05, 4.69) is 31.2 Å². The molecule has 0 heterocycles. The molecule has 0 saturated heterocycles. The predicted octanol–water partition coefficient (Wildman–Crippen LogP) is 5.55. The Kier molecular flexibility index (Phi) is 6.02. The Morgan fingerprint density at radius 1 is 1.00 bits per heavy atom. The van der Waals surface area contributed by atoms with Gasteiger partial charge in [-0.15, -0.1) is 0 Å². The van der Waals surface area contributed by atoms with Crippen molar-refractivity contribution in [2.24, 2.45) is 5.73 Å². The molecule has 3 aromatic rings. The molecule has 2 N–H and O–H groups in total. The van der Waals surface area contributed by atoms with Crippen LogP contribution >= 0.6 is 0 Å². The molecule has 28 heavy (non-hydrogen) atoms. The number of fused-ring (bicyclic) bond motifs is 1. The number of nitrogens with two attached hydrogens (primary N) is 1. The molecule has 0 saturated carbocycles. The van der Waals surface area contributed by atoms with E-state index in [4.69, 9.17) is 5.73 Å². The van der Waals surface area contributed by atoms with E-state index in [1.54, 1.807) is 12.4 Å². The number of nitrogens with zero attached hydrogens (tertiary/aromatic N) is 1. The quantitative estimate of drug-likeness (QED) is 0.336. The van der Waals surface area contributed by atoms with Gasteiger partial charge >= 0.3 is 6.18 Å². The van der Waals surface area contributed by atoms with Crippen molar-refractivity contribution in [2.45, 2.75) is 32.0 Å². The number of hydrogen-bond acceptors (Lipinski definition) is 0. The topological polar surface area (TPSA) is 29.0 Å². The average Bonchev–Trinajstić information content (AvgIpc) is 2.70. The first kappa shape index (κ1) is 19.9. The van der Waals surface area contributed by atoms with E-state index < -0.39 is 11.7 Å². The molecule has 3 rings (SSSR count). The Morgan fingerprint density at radius 2 is 1.71 bits per heavy atom. The normalized spacial score (nSPS) is 13.6. The summed E-state index contributed by atoms with van der Waals surface area (Å²) in [6.07, 6.45) is -1.46. The van der Waals surface area contributed by atoms with E-state index in [1.165, 1.54) is 28.5 Å². The summed E-state index contributed by atoms with van der Waals surface area (Å²) in [7, 11) is 0. The van der Waals surface area contributed by atoms with Crippen molar-refractivity contribution in [3.8, 4) is 0 Å². The molecule has 5 heteroatoms. The Hall–Kier alpha value is -2.82. The second kappa shape index (κ2) is 8.46. The van der Waals surface area contributed by atoms with Crippen LogP contribution in [0.2, 0.25) is 0 Å². The number of rotatable bonds is 6. The molecule has 0 aliphatic carbocycles. The standard InChI is InChI=1S/C23H23F3N2/c1-17(21-13-5-10-19-9-2-3-12-22(19)21)28(16-27)14-6-8-18-7-4-11-20(15-18)23(24,25)26/h2-5,7,9-13,15-17,27H,6,8,14H2,1H3/p+1/t17-/m1/s1. The summed E-state index contributed by atoms with van der Waals surface area (Å²) in [6, 6.07) is 20.0. The molecular weight excluding hydrogens is 361 g/mol. The second-order valence-electron chi connectivity index (χ2n) is 6.93. The smallest absolute Gasteiger partial charge is 0.294 e. The summed E-state index contributed by atoms with van der Waals surface area (Å²) >= 11 is 0. The zero-order valence-corrected chi connectivity index (χ0v) is 15.8. The summed E-state index contributed by atoms with van der Waals surface area (Å²) in [6.45, 7) is 2.76. The summed E-state index contributed by atoms with van der Waals surface area (Å²) < 4.78 is 40.6. The summed E-state index contributed by atoms with van der Waals surface area (Å²) in [4.78, 5) is 0. The highest BCUT2D eigenvalue weighted by Gasteiger charge is 2.30. The third kappa shape index (κ3) is 4.53. The molecule has 0 radical (unpaired) electrons. The van der Waals surface area contributed by atoms with Crippen LogP contribution in [0.15, 0.2) is 66.7 Å². The minimum atomic E-state index is -4.31. The summed E-state index contributed by atoms with van der Waals surface area (Å²) in [5.74, 6) is 0. The Labute approximate surface area is 163 Å². The molecule has 0 bridgehead atoms. The first-order valence-electron chi connectivity index (χ1n) is 9.35. The van der Waals surface area contributed by atoms with E-state index in [0.29, 0.717) is 24.9 Å². The number of benzene rings is 3. The SMILES string of the molecule is C[C@H](c1cccc2ccccc12)[N+](=CN)CCCc1cccc(C(F)(F)F)c1. The van der Waals surface area contributed by atoms with Gasteiger partial charge in [0.2, 0.25) is 6.34 Å². The molecule has 0 fully saturated rings. The first-order chi connectivity index (χ1) is 13.4. The van der Waals surface area contributed by atoms with Crippen molar-refractivity contribution in [1.29, 1.82) is 0 Å². The van der Waals surface area contributed by atoms with Crippen LogP contribution in [-0.4, -0.2) is 17.5 Å². The highest BCUT2D eigenvalue weighted by molar-refractivity contribution is 5.85. The van der Waals surface area contributed by atoms with Crippen LogP contribution in [0.25, 0.3) is 10.8 Å². The molecular formula is C23H24F3N2+. The van der Waals surface area contributed by atoms with Gasteiger partial charge in [0.25, 0.3) is 0 Å². The van der Waals surface area contributed by atoms with Gasteiger partial charge in [0.1, 0.15) is 6.04 Å². The van der Waals surface area contributed by atoms with E-state index in [9.17, 15) is 13.2 Å². The molecule has 0 unspecified atom stereocenters. The van der Waals surface area contributed by atoms with Gasteiger partial charge in [0.15, 0.2) is 0 Å². The first-order valence-corrected chi connectivity index (χ1v) is 9.35. The lowest BCUT2D eigenvalue weighted by Gasteiger charge is -2.17. The van der Waals surface area contributed by atoms with Gasteiger partial charge < -0.3 is 0 Å². The molecule has 0 aliphatic rings. The molecule has 0 spiro atoms. The van der Waals surface area contributed by atoms with Crippen molar-refractivity contribution in [1.82, 2.24) is 0 Å². The number of alkyl halides is 3. The lowest BCUT2D eigenvalue weighted by molar-refractivity contribution is -0.565. The van der Waals surface area contributed by atoms with Crippen LogP contribution in [0.3, 0.4) is 0 Å². The molecule has 146 valence electrons. The third-order valence-electron chi connectivity index (χ3n) is 5.10. The monoisotopic (exact) mass is 385 g/mol. The Morgan fingerprint density at radius 3 is 2.46 bits per heavy atom. The molecule has 3 aromatic carbocycles. The fraction of sp³-hybridized carbons (Fsp3) is 0.261. The van der Waals surface area contributed by atoms with Crippen molar-refractivity contribution in [2.75, 3.05) is 6.54 Å². The Bertz CT molecular complexity index is 971. The average molecular weight is 385 g/mol. The van der Waals surface area contributed by atoms with E-state index in [1.807, 2.05) is 22.8 Å². The largest absolute Gasteiger partial charge is 0.416 e. The lowest BCUT2D eigenvalue weighted by Crippen LogP contribution is -2.23. The number of aryl methyl sites for hydroxylation is 1. The highest BCUT2D eigenvalue weighted by atomic mass is 19.4. The zero-order valence-electron chi connectivity index (χ0n) is 15.8. The van der Waals surface area contributed by atoms with Crippen LogP contribution in [0, 0.1) is 0 Å². The van der Waals surface area contributed by atoms with Crippen molar-refractivity contribution in [3.05, 3.63) is 83.4 Å². The van der Waals surface area contributed by atoms with Gasteiger partial charge in [0.05, 0.1) is 12.1 Å². The lowest BCUT2D eigenvalue weighted by atomic mass is 9.99. The third-order valence-corrected chi connectivity index (χ3v) is 5.10. The van der Waals surface area contributed by atoms with Crippen molar-refractivity contribution < 1.29 is 17.7 Å². The number of halogens is 3. The molecule has 2 nitrogen and oxygen atoms in total. The minimum Gasteiger partial charge on any atom is -0.294 e. The van der Waals surface area contributed by atoms with Crippen molar-refractivity contribution in [3.63, 3.8) is 0 Å². The van der Waals surface area contributed by atoms with Crippen LogP contribution in [0.1, 0.15) is 36.1 Å². The highest BCUT2D eigenvalue weighted by Crippen LogP contribution is 2.30. The second-order valence-corrected chi connectivity index (χ2v) is 6.93. The molecule has 0 amide bonds. The van der Waals surface area contributed by atoms with E-state index in [-0.39, 0.29) is 6.04 Å². The van der Waals surface area contributed by atoms with Gasteiger partial charge in [-0.1, -0.05) is 60.7 Å².